The summed E-state index contributed by atoms with van der Waals surface area (Å²) in [7, 11) is 4.28. The SMILES string of the molecule is COC(=O)c1cc(OC)c(OC(F)F)cc1NC(=O)Cc1cn(C)c2ccccc12. The normalized spacial score (nSPS) is 10.9. The van der Waals surface area contributed by atoms with Crippen molar-refractivity contribution >= 4 is 28.5 Å². The summed E-state index contributed by atoms with van der Waals surface area (Å²) in [6.07, 6.45) is 1.85. The van der Waals surface area contributed by atoms with Crippen molar-refractivity contribution in [3.8, 4) is 11.5 Å². The zero-order valence-electron chi connectivity index (χ0n) is 16.6. The maximum Gasteiger partial charge on any atom is 0.387 e. The van der Waals surface area contributed by atoms with Crippen LogP contribution in [0.4, 0.5) is 14.5 Å². The molecule has 0 aliphatic carbocycles. The molecule has 0 atom stereocenters. The summed E-state index contributed by atoms with van der Waals surface area (Å²) in [5, 5.41) is 3.50. The quantitative estimate of drug-likeness (QED) is 0.591. The molecule has 1 heterocycles. The number of aryl methyl sites for hydroxylation is 1. The number of methoxy groups -OCH3 is 2. The molecule has 158 valence electrons. The van der Waals surface area contributed by atoms with Gasteiger partial charge in [-0.1, -0.05) is 18.2 Å². The molecule has 9 heteroatoms. The molecule has 0 bridgehead atoms. The van der Waals surface area contributed by atoms with E-state index >= 15 is 0 Å². The summed E-state index contributed by atoms with van der Waals surface area (Å²) in [5.41, 5.74) is 1.67. The number of hydrogen-bond acceptors (Lipinski definition) is 5. The first-order chi connectivity index (χ1) is 14.3. The monoisotopic (exact) mass is 418 g/mol. The van der Waals surface area contributed by atoms with Crippen LogP contribution in [0.2, 0.25) is 0 Å². The Bertz CT molecular complexity index is 1090. The van der Waals surface area contributed by atoms with Crippen molar-refractivity contribution in [3.63, 3.8) is 0 Å². The van der Waals surface area contributed by atoms with Gasteiger partial charge in [0.05, 0.1) is 31.9 Å². The molecule has 3 aromatic rings. The standard InChI is InChI=1S/C21H20F2N2O5/c1-25-11-12(13-6-4-5-7-16(13)25)8-19(26)24-15-10-18(30-21(22)23)17(28-2)9-14(15)20(27)29-3/h4-7,9-11,21H,8H2,1-3H3,(H,24,26). The third-order valence-electron chi connectivity index (χ3n) is 4.53. The molecule has 1 N–H and O–H groups in total. The predicted octanol–water partition coefficient (Wildman–Crippen LogP) is 3.76. The van der Waals surface area contributed by atoms with Crippen molar-refractivity contribution in [1.29, 1.82) is 0 Å². The van der Waals surface area contributed by atoms with Crippen molar-refractivity contribution in [2.24, 2.45) is 7.05 Å². The van der Waals surface area contributed by atoms with Crippen molar-refractivity contribution in [2.45, 2.75) is 13.0 Å². The van der Waals surface area contributed by atoms with Crippen LogP contribution in [0.1, 0.15) is 15.9 Å². The molecule has 7 nitrogen and oxygen atoms in total. The molecule has 1 amide bonds. The molecule has 0 radical (unpaired) electrons. The van der Waals surface area contributed by atoms with Crippen LogP contribution >= 0.6 is 0 Å². The van der Waals surface area contributed by atoms with Crippen molar-refractivity contribution in [3.05, 3.63) is 53.7 Å². The van der Waals surface area contributed by atoms with Gasteiger partial charge in [-0.3, -0.25) is 4.79 Å². The number of para-hydroxylation sites is 1. The molecule has 1 aromatic heterocycles. The minimum atomic E-state index is -3.11. The summed E-state index contributed by atoms with van der Waals surface area (Å²) in [6.45, 7) is -3.11. The van der Waals surface area contributed by atoms with Gasteiger partial charge in [-0.15, -0.1) is 0 Å². The number of ether oxygens (including phenoxy) is 3. The fraction of sp³-hybridized carbons (Fsp3) is 0.238. The van der Waals surface area contributed by atoms with Gasteiger partial charge in [-0.05, 0) is 11.6 Å². The number of amides is 1. The zero-order valence-corrected chi connectivity index (χ0v) is 16.6. The van der Waals surface area contributed by atoms with Crippen LogP contribution in [0, 0.1) is 0 Å². The molecule has 3 rings (SSSR count). The maximum atomic E-state index is 12.7. The van der Waals surface area contributed by atoms with Crippen molar-refractivity contribution in [2.75, 3.05) is 19.5 Å². The second-order valence-corrected chi connectivity index (χ2v) is 6.43. The molecular weight excluding hydrogens is 398 g/mol. The van der Waals surface area contributed by atoms with E-state index in [2.05, 4.69) is 10.1 Å². The van der Waals surface area contributed by atoms with E-state index in [-0.39, 0.29) is 29.2 Å². The van der Waals surface area contributed by atoms with E-state index in [0.29, 0.717) is 0 Å². The van der Waals surface area contributed by atoms with Crippen LogP contribution in [0.3, 0.4) is 0 Å². The number of fused-ring (bicyclic) bond motifs is 1. The number of carbonyl (C=O) groups excluding carboxylic acids is 2. The summed E-state index contributed by atoms with van der Waals surface area (Å²) < 4.78 is 41.5. The molecule has 0 fully saturated rings. The number of anilines is 1. The molecule has 0 aliphatic heterocycles. The number of rotatable bonds is 7. The van der Waals surface area contributed by atoms with Gasteiger partial charge in [0.2, 0.25) is 5.91 Å². The smallest absolute Gasteiger partial charge is 0.387 e. The lowest BCUT2D eigenvalue weighted by Gasteiger charge is -2.15. The second-order valence-electron chi connectivity index (χ2n) is 6.43. The van der Waals surface area contributed by atoms with E-state index in [1.54, 1.807) is 0 Å². The average molecular weight is 418 g/mol. The van der Waals surface area contributed by atoms with E-state index in [0.717, 1.165) is 22.5 Å². The minimum Gasteiger partial charge on any atom is -0.493 e. The van der Waals surface area contributed by atoms with Crippen LogP contribution in [0.15, 0.2) is 42.6 Å². The molecule has 0 spiro atoms. The minimum absolute atomic E-state index is 0.0129. The molecule has 2 aromatic carbocycles. The molecule has 30 heavy (non-hydrogen) atoms. The van der Waals surface area contributed by atoms with Gasteiger partial charge in [0.1, 0.15) is 0 Å². The molecular formula is C21H20F2N2O5. The van der Waals surface area contributed by atoms with Gasteiger partial charge in [0.25, 0.3) is 0 Å². The van der Waals surface area contributed by atoms with E-state index in [1.165, 1.54) is 20.3 Å². The third-order valence-corrected chi connectivity index (χ3v) is 4.53. The number of aromatic nitrogens is 1. The number of nitrogens with one attached hydrogen (secondary N) is 1. The summed E-state index contributed by atoms with van der Waals surface area (Å²) in [4.78, 5) is 24.8. The first-order valence-electron chi connectivity index (χ1n) is 8.92. The van der Waals surface area contributed by atoms with Gasteiger partial charge in [-0.2, -0.15) is 8.78 Å². The van der Waals surface area contributed by atoms with Crippen molar-refractivity contribution < 1.29 is 32.6 Å². The maximum absolute atomic E-state index is 12.7. The van der Waals surface area contributed by atoms with Crippen LogP contribution < -0.4 is 14.8 Å². The van der Waals surface area contributed by atoms with Crippen LogP contribution in [0.5, 0.6) is 11.5 Å². The second kappa shape index (κ2) is 8.81. The number of halogens is 2. The molecule has 0 aliphatic rings. The largest absolute Gasteiger partial charge is 0.493 e. The van der Waals surface area contributed by atoms with E-state index in [4.69, 9.17) is 9.47 Å². The van der Waals surface area contributed by atoms with Gasteiger partial charge in [-0.25, -0.2) is 4.79 Å². The van der Waals surface area contributed by atoms with Crippen LogP contribution in [0.25, 0.3) is 10.9 Å². The lowest BCUT2D eigenvalue weighted by molar-refractivity contribution is -0.115. The average Bonchev–Trinajstić information content (AvgIpc) is 3.02. The highest BCUT2D eigenvalue weighted by Gasteiger charge is 2.21. The number of esters is 1. The highest BCUT2D eigenvalue weighted by molar-refractivity contribution is 6.03. The van der Waals surface area contributed by atoms with E-state index in [9.17, 15) is 18.4 Å². The van der Waals surface area contributed by atoms with Gasteiger partial charge >= 0.3 is 12.6 Å². The fourth-order valence-electron chi connectivity index (χ4n) is 3.22. The Morgan fingerprint density at radius 3 is 2.53 bits per heavy atom. The Balaban J connectivity index is 1.93. The lowest BCUT2D eigenvalue weighted by atomic mass is 10.1. The number of carbonyl (C=O) groups is 2. The number of hydrogen-bond donors (Lipinski definition) is 1. The highest BCUT2D eigenvalue weighted by Crippen LogP contribution is 2.35. The summed E-state index contributed by atoms with van der Waals surface area (Å²) in [5.74, 6) is -1.62. The lowest BCUT2D eigenvalue weighted by Crippen LogP contribution is -2.18. The summed E-state index contributed by atoms with van der Waals surface area (Å²) >= 11 is 0. The van der Waals surface area contributed by atoms with Crippen LogP contribution in [-0.2, 0) is 23.0 Å². The first-order valence-corrected chi connectivity index (χ1v) is 8.92. The number of nitrogens with zero attached hydrogens (tertiary/aromatic N) is 1. The molecule has 0 saturated carbocycles. The Hall–Kier alpha value is -3.62. The third kappa shape index (κ3) is 4.35. The molecule has 0 unspecified atom stereocenters. The first kappa shape index (κ1) is 21.1. The van der Waals surface area contributed by atoms with E-state index < -0.39 is 18.5 Å². The molecule has 0 saturated heterocycles. The Morgan fingerprint density at radius 1 is 1.13 bits per heavy atom. The van der Waals surface area contributed by atoms with Crippen LogP contribution in [-0.4, -0.2) is 37.3 Å². The zero-order chi connectivity index (χ0) is 21.8. The predicted molar refractivity (Wildman–Crippen MR) is 106 cm³/mol. The van der Waals surface area contributed by atoms with Gasteiger partial charge < -0.3 is 24.1 Å². The van der Waals surface area contributed by atoms with Crippen molar-refractivity contribution in [1.82, 2.24) is 4.57 Å². The van der Waals surface area contributed by atoms with E-state index in [1.807, 2.05) is 42.1 Å². The number of alkyl halides is 2. The Morgan fingerprint density at radius 2 is 1.87 bits per heavy atom. The number of benzene rings is 2. The summed E-state index contributed by atoms with van der Waals surface area (Å²) in [6, 6.07) is 9.89. The van der Waals surface area contributed by atoms with Gasteiger partial charge in [0.15, 0.2) is 11.5 Å². The Kier molecular flexibility index (Phi) is 6.20. The van der Waals surface area contributed by atoms with Gasteiger partial charge in [0, 0.05) is 36.3 Å². The topological polar surface area (TPSA) is 78.8 Å². The fourth-order valence-corrected chi connectivity index (χ4v) is 3.22. The Labute approximate surface area is 171 Å². The highest BCUT2D eigenvalue weighted by atomic mass is 19.3.